The van der Waals surface area contributed by atoms with Gasteiger partial charge in [-0.1, -0.05) is 94.1 Å². The third kappa shape index (κ3) is 1.81. The lowest BCUT2D eigenvalue weighted by atomic mass is 9.69. The molecule has 0 heterocycles. The molecule has 4 heteroatoms. The van der Waals surface area contributed by atoms with Crippen LogP contribution in [0.2, 0.25) is 0 Å². The highest BCUT2D eigenvalue weighted by molar-refractivity contribution is 9.12. The van der Waals surface area contributed by atoms with Gasteiger partial charge in [-0.25, -0.2) is 0 Å². The Hall–Kier alpha value is 0.1000. The molecule has 4 rings (SSSR count). The molecule has 20 heavy (non-hydrogen) atoms. The molecule has 2 atom stereocenters. The van der Waals surface area contributed by atoms with E-state index in [0.29, 0.717) is 5.92 Å². The molecule has 0 bridgehead atoms. The van der Waals surface area contributed by atoms with Crippen LogP contribution in [0.1, 0.15) is 0 Å². The Labute approximate surface area is 151 Å². The molecule has 0 N–H and O–H groups in total. The van der Waals surface area contributed by atoms with Crippen LogP contribution in [-0.2, 0) is 0 Å². The number of hydrogen-bond donors (Lipinski definition) is 0. The third-order valence-corrected chi connectivity index (χ3v) is 6.86. The summed E-state index contributed by atoms with van der Waals surface area (Å²) in [6, 6.07) is 0. The third-order valence-electron chi connectivity index (χ3n) is 4.04. The SMILES string of the molecule is BrC1=CC(Br)=C2C=CC3=C4C(=CC=C1C24)C(Br)C=C3Br. The Morgan fingerprint density at radius 1 is 0.900 bits per heavy atom. The summed E-state index contributed by atoms with van der Waals surface area (Å²) >= 11 is 14.9. The lowest BCUT2D eigenvalue weighted by Crippen LogP contribution is -2.26. The number of halogens is 4. The second kappa shape index (κ2) is 4.80. The number of allylic oxidation sites excluding steroid dienone is 14. The van der Waals surface area contributed by atoms with Gasteiger partial charge in [-0.05, 0) is 33.9 Å². The Balaban J connectivity index is 2.05. The van der Waals surface area contributed by atoms with Crippen LogP contribution in [0.25, 0.3) is 0 Å². The Bertz CT molecular complexity index is 753. The van der Waals surface area contributed by atoms with Crippen LogP contribution >= 0.6 is 63.7 Å². The molecule has 2 unspecified atom stereocenters. The van der Waals surface area contributed by atoms with Crippen molar-refractivity contribution >= 4 is 63.7 Å². The summed E-state index contributed by atoms with van der Waals surface area (Å²) in [5.41, 5.74) is 6.75. The van der Waals surface area contributed by atoms with E-state index < -0.39 is 0 Å². The molecule has 0 fully saturated rings. The first-order chi connectivity index (χ1) is 9.58. The first kappa shape index (κ1) is 13.7. The average Bonchev–Trinajstić information content (AvgIpc) is 2.42. The van der Waals surface area contributed by atoms with Gasteiger partial charge >= 0.3 is 0 Å². The van der Waals surface area contributed by atoms with Gasteiger partial charge in [0.05, 0.1) is 4.83 Å². The maximum Gasteiger partial charge on any atom is 0.0592 e. The molecule has 4 aliphatic carbocycles. The van der Waals surface area contributed by atoms with Crippen LogP contribution < -0.4 is 0 Å². The predicted octanol–water partition coefficient (Wildman–Crippen LogP) is 6.33. The zero-order valence-electron chi connectivity index (χ0n) is 10.1. The van der Waals surface area contributed by atoms with Crippen molar-refractivity contribution in [1.82, 2.24) is 0 Å². The number of hydrogen-bond acceptors (Lipinski definition) is 0. The van der Waals surface area contributed by atoms with Crippen molar-refractivity contribution in [2.75, 3.05) is 0 Å². The van der Waals surface area contributed by atoms with Crippen LogP contribution in [0.3, 0.4) is 0 Å². The summed E-state index contributed by atoms with van der Waals surface area (Å²) in [6.45, 7) is 0. The number of rotatable bonds is 0. The molecule has 0 aromatic heterocycles. The monoisotopic (exact) mass is 516 g/mol. The molecule has 4 aliphatic rings. The van der Waals surface area contributed by atoms with Gasteiger partial charge in [-0.15, -0.1) is 0 Å². The van der Waals surface area contributed by atoms with Crippen molar-refractivity contribution < 1.29 is 0 Å². The van der Waals surface area contributed by atoms with Crippen LogP contribution in [0.4, 0.5) is 0 Å². The molecule has 0 aromatic carbocycles. The van der Waals surface area contributed by atoms with Gasteiger partial charge in [0, 0.05) is 19.4 Å². The maximum atomic E-state index is 3.77. The molecular weight excluding hydrogens is 512 g/mol. The Morgan fingerprint density at radius 3 is 2.45 bits per heavy atom. The highest BCUT2D eigenvalue weighted by atomic mass is 79.9. The van der Waals surface area contributed by atoms with E-state index in [4.69, 9.17) is 0 Å². The normalized spacial score (nSPS) is 30.6. The highest BCUT2D eigenvalue weighted by Crippen LogP contribution is 2.54. The van der Waals surface area contributed by atoms with E-state index in [1.807, 2.05) is 0 Å². The summed E-state index contributed by atoms with van der Waals surface area (Å²) < 4.78 is 3.49. The Morgan fingerprint density at radius 2 is 1.65 bits per heavy atom. The van der Waals surface area contributed by atoms with Crippen LogP contribution in [0.15, 0.2) is 77.8 Å². The van der Waals surface area contributed by atoms with Crippen molar-refractivity contribution in [2.24, 2.45) is 5.92 Å². The summed E-state index contributed by atoms with van der Waals surface area (Å²) in [4.78, 5) is 0.268. The van der Waals surface area contributed by atoms with Gasteiger partial charge in [0.15, 0.2) is 0 Å². The van der Waals surface area contributed by atoms with Crippen molar-refractivity contribution in [3.8, 4) is 0 Å². The largest absolute Gasteiger partial charge is 0.0792 e. The van der Waals surface area contributed by atoms with Crippen LogP contribution in [0, 0.1) is 5.92 Å². The van der Waals surface area contributed by atoms with Crippen LogP contribution in [0.5, 0.6) is 0 Å². The van der Waals surface area contributed by atoms with Crippen molar-refractivity contribution in [3.63, 3.8) is 0 Å². The minimum atomic E-state index is 0.268. The molecule has 0 aromatic rings. The summed E-state index contributed by atoms with van der Waals surface area (Å²) in [5.74, 6) is 0.324. The van der Waals surface area contributed by atoms with Crippen LogP contribution in [-0.4, -0.2) is 4.83 Å². The summed E-state index contributed by atoms with van der Waals surface area (Å²) in [7, 11) is 0. The fraction of sp³-hybridized carbons (Fsp3) is 0.125. The lowest BCUT2D eigenvalue weighted by molar-refractivity contribution is 0.830. The standard InChI is InChI=1S/C16H8Br4/c17-11-5-13(19)9-3-4-10-14(20)6-12(18)8-2-1-7(11)15(9)16(8)10/h1-6,11,16H. The van der Waals surface area contributed by atoms with E-state index in [-0.39, 0.29) is 4.83 Å². The fourth-order valence-corrected chi connectivity index (χ4v) is 6.27. The topological polar surface area (TPSA) is 0 Å². The molecule has 100 valence electrons. The molecular formula is C16H8Br4. The minimum Gasteiger partial charge on any atom is -0.0792 e. The lowest BCUT2D eigenvalue weighted by Gasteiger charge is -2.39. The first-order valence-electron chi connectivity index (χ1n) is 6.21. The average molecular weight is 520 g/mol. The summed E-state index contributed by atoms with van der Waals surface area (Å²) in [6.07, 6.45) is 13.3. The summed E-state index contributed by atoms with van der Waals surface area (Å²) in [5, 5.41) is 0. The Kier molecular flexibility index (Phi) is 3.30. The van der Waals surface area contributed by atoms with Crippen molar-refractivity contribution in [2.45, 2.75) is 4.83 Å². The minimum absolute atomic E-state index is 0.268. The van der Waals surface area contributed by atoms with Gasteiger partial charge in [-0.2, -0.15) is 0 Å². The van der Waals surface area contributed by atoms with E-state index in [9.17, 15) is 0 Å². The predicted molar refractivity (Wildman–Crippen MR) is 98.5 cm³/mol. The first-order valence-corrected chi connectivity index (χ1v) is 9.51. The molecule has 0 spiro atoms. The number of alkyl halides is 1. The smallest absolute Gasteiger partial charge is 0.0592 e. The van der Waals surface area contributed by atoms with Gasteiger partial charge in [0.25, 0.3) is 0 Å². The molecule has 0 amide bonds. The van der Waals surface area contributed by atoms with Crippen molar-refractivity contribution in [1.29, 1.82) is 0 Å². The molecule has 0 radical (unpaired) electrons. The van der Waals surface area contributed by atoms with E-state index in [1.54, 1.807) is 0 Å². The molecule has 0 aliphatic heterocycles. The molecule has 0 nitrogen and oxygen atoms in total. The molecule has 0 saturated carbocycles. The van der Waals surface area contributed by atoms with Gasteiger partial charge in [-0.3, -0.25) is 0 Å². The van der Waals surface area contributed by atoms with E-state index in [1.165, 1.54) is 32.3 Å². The second-order valence-electron chi connectivity index (χ2n) is 5.05. The maximum absolute atomic E-state index is 3.77. The van der Waals surface area contributed by atoms with Gasteiger partial charge in [0.2, 0.25) is 0 Å². The second-order valence-corrected chi connectivity index (χ2v) is 8.60. The zero-order chi connectivity index (χ0) is 14.0. The van der Waals surface area contributed by atoms with E-state index in [2.05, 4.69) is 100 Å². The molecule has 0 saturated heterocycles. The van der Waals surface area contributed by atoms with E-state index >= 15 is 0 Å². The highest BCUT2D eigenvalue weighted by Gasteiger charge is 2.39. The zero-order valence-corrected chi connectivity index (χ0v) is 16.5. The van der Waals surface area contributed by atoms with E-state index in [0.717, 1.165) is 8.96 Å². The van der Waals surface area contributed by atoms with Gasteiger partial charge < -0.3 is 0 Å². The van der Waals surface area contributed by atoms with Gasteiger partial charge in [0.1, 0.15) is 0 Å². The fourth-order valence-electron chi connectivity index (χ4n) is 3.15. The van der Waals surface area contributed by atoms with Crippen molar-refractivity contribution in [3.05, 3.63) is 77.8 Å². The quantitative estimate of drug-likeness (QED) is 0.328.